The maximum atomic E-state index is 4.35. The van der Waals surface area contributed by atoms with Crippen LogP contribution >= 0.6 is 0 Å². The Morgan fingerprint density at radius 3 is 2.93 bits per heavy atom. The topological polar surface area (TPSA) is 25.8 Å². The Balaban J connectivity index is 2.31. The van der Waals surface area contributed by atoms with Gasteiger partial charge in [-0.2, -0.15) is 0 Å². The number of allylic oxidation sites excluding steroid dienone is 2. The first-order chi connectivity index (χ1) is 6.84. The molecule has 0 aliphatic heterocycles. The first kappa shape index (κ1) is 7.68. The van der Waals surface area contributed by atoms with Gasteiger partial charge in [0.05, 0.1) is 0 Å². The van der Waals surface area contributed by atoms with E-state index >= 15 is 0 Å². The maximum Gasteiger partial charge on any atom is 0.159 e. The molecule has 0 amide bonds. The van der Waals surface area contributed by atoms with E-state index < -0.39 is 0 Å². The van der Waals surface area contributed by atoms with Gasteiger partial charge in [-0.25, -0.2) is 9.97 Å². The highest BCUT2D eigenvalue weighted by atomic mass is 14.8. The predicted molar refractivity (Wildman–Crippen MR) is 56.9 cm³/mol. The third-order valence-corrected chi connectivity index (χ3v) is 2.59. The second-order valence-corrected chi connectivity index (χ2v) is 3.66. The van der Waals surface area contributed by atoms with Crippen molar-refractivity contribution in [1.29, 1.82) is 0 Å². The van der Waals surface area contributed by atoms with E-state index in [4.69, 9.17) is 0 Å². The normalized spacial score (nSPS) is 14.2. The molecule has 1 aliphatic rings. The van der Waals surface area contributed by atoms with Gasteiger partial charge >= 0.3 is 0 Å². The highest BCUT2D eigenvalue weighted by molar-refractivity contribution is 5.85. The van der Waals surface area contributed by atoms with Crippen molar-refractivity contribution in [3.8, 4) is 0 Å². The van der Waals surface area contributed by atoms with E-state index in [1.54, 1.807) is 6.20 Å². The summed E-state index contributed by atoms with van der Waals surface area (Å²) in [5, 5.41) is 1.16. The summed E-state index contributed by atoms with van der Waals surface area (Å²) in [5.74, 6) is 0. The molecule has 0 aromatic carbocycles. The molecule has 3 rings (SSSR count). The van der Waals surface area contributed by atoms with Crippen molar-refractivity contribution < 1.29 is 0 Å². The Morgan fingerprint density at radius 1 is 1.29 bits per heavy atom. The van der Waals surface area contributed by atoms with Gasteiger partial charge in [0.1, 0.15) is 0 Å². The molecule has 0 N–H and O–H groups in total. The summed E-state index contributed by atoms with van der Waals surface area (Å²) >= 11 is 0. The lowest BCUT2D eigenvalue weighted by Crippen LogP contribution is -1.87. The van der Waals surface area contributed by atoms with E-state index in [0.717, 1.165) is 17.5 Å². The van der Waals surface area contributed by atoms with Crippen molar-refractivity contribution in [3.05, 3.63) is 41.7 Å². The zero-order valence-corrected chi connectivity index (χ0v) is 7.99. The summed E-state index contributed by atoms with van der Waals surface area (Å²) in [6.07, 6.45) is 7.05. The molecule has 0 unspecified atom stereocenters. The monoisotopic (exact) mass is 182 g/mol. The second-order valence-electron chi connectivity index (χ2n) is 3.66. The first-order valence-electron chi connectivity index (χ1n) is 4.75. The third kappa shape index (κ3) is 1.11. The van der Waals surface area contributed by atoms with Gasteiger partial charge in [0.2, 0.25) is 0 Å². The van der Waals surface area contributed by atoms with Crippen LogP contribution in [0.3, 0.4) is 0 Å². The van der Waals surface area contributed by atoms with Crippen LogP contribution in [0.4, 0.5) is 0 Å². The molecule has 0 spiro atoms. The summed E-state index contributed by atoms with van der Waals surface area (Å²) in [4.78, 5) is 8.58. The van der Waals surface area contributed by atoms with Crippen LogP contribution in [0.15, 0.2) is 30.6 Å². The Morgan fingerprint density at radius 2 is 2.14 bits per heavy atom. The van der Waals surface area contributed by atoms with Gasteiger partial charge in [0.25, 0.3) is 0 Å². The van der Waals surface area contributed by atoms with Gasteiger partial charge < -0.3 is 0 Å². The van der Waals surface area contributed by atoms with Crippen LogP contribution in [0.1, 0.15) is 17.5 Å². The van der Waals surface area contributed by atoms with Crippen molar-refractivity contribution >= 4 is 16.6 Å². The average molecular weight is 182 g/mol. The Kier molecular flexibility index (Phi) is 1.45. The lowest BCUT2D eigenvalue weighted by atomic mass is 10.1. The van der Waals surface area contributed by atoms with E-state index in [0.29, 0.717) is 0 Å². The Bertz CT molecular complexity index is 541. The number of hydrogen-bond acceptors (Lipinski definition) is 2. The molecule has 2 aromatic rings. The van der Waals surface area contributed by atoms with E-state index in [1.165, 1.54) is 16.7 Å². The summed E-state index contributed by atoms with van der Waals surface area (Å²) < 4.78 is 0. The summed E-state index contributed by atoms with van der Waals surface area (Å²) in [7, 11) is 0. The van der Waals surface area contributed by atoms with Crippen LogP contribution in [0.5, 0.6) is 0 Å². The van der Waals surface area contributed by atoms with Crippen molar-refractivity contribution in [2.75, 3.05) is 0 Å². The molecule has 0 saturated heterocycles. The van der Waals surface area contributed by atoms with Crippen LogP contribution in [0.2, 0.25) is 0 Å². The number of aryl methyl sites for hydroxylation is 1. The molecular weight excluding hydrogens is 172 g/mol. The van der Waals surface area contributed by atoms with Gasteiger partial charge in [-0.3, -0.25) is 0 Å². The largest absolute Gasteiger partial charge is 0.237 e. The van der Waals surface area contributed by atoms with Gasteiger partial charge in [-0.15, -0.1) is 0 Å². The van der Waals surface area contributed by atoms with Gasteiger partial charge in [-0.1, -0.05) is 6.08 Å². The van der Waals surface area contributed by atoms with E-state index in [2.05, 4.69) is 29.0 Å². The molecule has 2 heteroatoms. The fourth-order valence-corrected chi connectivity index (χ4v) is 1.62. The van der Waals surface area contributed by atoms with Crippen LogP contribution in [-0.4, -0.2) is 9.97 Å². The zero-order chi connectivity index (χ0) is 9.54. The van der Waals surface area contributed by atoms with E-state index in [-0.39, 0.29) is 0 Å². The average Bonchev–Trinajstić information content (AvgIpc) is 3.01. The Hall–Kier alpha value is -1.70. The molecule has 2 heterocycles. The maximum absolute atomic E-state index is 4.35. The third-order valence-electron chi connectivity index (χ3n) is 2.59. The minimum atomic E-state index is 0.843. The quantitative estimate of drug-likeness (QED) is 0.677. The molecule has 0 radical (unpaired) electrons. The molecule has 2 nitrogen and oxygen atoms in total. The minimum Gasteiger partial charge on any atom is -0.237 e. The number of nitrogens with zero attached hydrogens (tertiary/aromatic N) is 2. The predicted octanol–water partition coefficient (Wildman–Crippen LogP) is 2.73. The minimum absolute atomic E-state index is 0.843. The molecule has 0 atom stereocenters. The van der Waals surface area contributed by atoms with Gasteiger partial charge in [-0.05, 0) is 42.2 Å². The zero-order valence-electron chi connectivity index (χ0n) is 7.99. The van der Waals surface area contributed by atoms with Crippen LogP contribution < -0.4 is 0 Å². The molecule has 2 aromatic heterocycles. The first-order valence-corrected chi connectivity index (χ1v) is 4.75. The van der Waals surface area contributed by atoms with Crippen LogP contribution in [0, 0.1) is 6.92 Å². The van der Waals surface area contributed by atoms with Crippen molar-refractivity contribution in [2.24, 2.45) is 0 Å². The van der Waals surface area contributed by atoms with Crippen molar-refractivity contribution in [1.82, 2.24) is 9.97 Å². The van der Waals surface area contributed by atoms with Gasteiger partial charge in [0, 0.05) is 17.8 Å². The standard InChI is InChI=1S/C12H10N2/c1-8-4-5-13-12-11(8)6-10(7-14-12)9-2-3-9/h2,4-7H,3H2,1H3. The second kappa shape index (κ2) is 2.64. The Labute approximate surface area is 82.3 Å². The highest BCUT2D eigenvalue weighted by Gasteiger charge is 2.11. The summed E-state index contributed by atoms with van der Waals surface area (Å²) in [5.41, 5.74) is 4.73. The summed E-state index contributed by atoms with van der Waals surface area (Å²) in [6, 6.07) is 4.21. The number of fused-ring (bicyclic) bond motifs is 1. The van der Waals surface area contributed by atoms with E-state index in [9.17, 15) is 0 Å². The molecule has 0 fully saturated rings. The molecular formula is C12H10N2. The lowest BCUT2D eigenvalue weighted by molar-refractivity contribution is 1.26. The summed E-state index contributed by atoms with van der Waals surface area (Å²) in [6.45, 7) is 2.09. The fraction of sp³-hybridized carbons (Fsp3) is 0.167. The smallest absolute Gasteiger partial charge is 0.159 e. The van der Waals surface area contributed by atoms with Crippen molar-refractivity contribution in [2.45, 2.75) is 13.3 Å². The molecule has 0 bridgehead atoms. The van der Waals surface area contributed by atoms with E-state index in [1.807, 2.05) is 12.3 Å². The van der Waals surface area contributed by atoms with Gasteiger partial charge in [0.15, 0.2) is 5.65 Å². The SMILES string of the molecule is Cc1ccnc2ncc(C3=CC3)cc12. The fourth-order valence-electron chi connectivity index (χ4n) is 1.62. The lowest BCUT2D eigenvalue weighted by Gasteiger charge is -2.01. The van der Waals surface area contributed by atoms with Crippen molar-refractivity contribution in [3.63, 3.8) is 0 Å². The number of rotatable bonds is 1. The van der Waals surface area contributed by atoms with Crippen LogP contribution in [0.25, 0.3) is 16.6 Å². The molecule has 0 saturated carbocycles. The highest BCUT2D eigenvalue weighted by Crippen LogP contribution is 2.31. The molecule has 68 valence electrons. The molecule has 1 aliphatic carbocycles. The van der Waals surface area contributed by atoms with Crippen LogP contribution in [-0.2, 0) is 0 Å². The number of hydrogen-bond donors (Lipinski definition) is 0. The number of aromatic nitrogens is 2. The molecule has 14 heavy (non-hydrogen) atoms. The number of pyridine rings is 2.